The van der Waals surface area contributed by atoms with Gasteiger partial charge < -0.3 is 9.73 Å². The van der Waals surface area contributed by atoms with Crippen molar-refractivity contribution < 1.29 is 4.42 Å². The second-order valence-corrected chi connectivity index (χ2v) is 5.37. The van der Waals surface area contributed by atoms with Crippen LogP contribution in [-0.4, -0.2) is 4.98 Å². The third-order valence-corrected chi connectivity index (χ3v) is 3.99. The number of hydrogen-bond donors (Lipinski definition) is 1. The van der Waals surface area contributed by atoms with Gasteiger partial charge in [0, 0.05) is 17.1 Å². The van der Waals surface area contributed by atoms with Crippen molar-refractivity contribution in [2.45, 2.75) is 26.9 Å². The van der Waals surface area contributed by atoms with Crippen LogP contribution < -0.4 is 5.32 Å². The highest BCUT2D eigenvalue weighted by Gasteiger charge is 2.10. The van der Waals surface area contributed by atoms with Crippen molar-refractivity contribution >= 4 is 34.8 Å². The van der Waals surface area contributed by atoms with E-state index in [1.807, 2.05) is 13.8 Å². The Balaban J connectivity index is 2.01. The van der Waals surface area contributed by atoms with Gasteiger partial charge in [-0.1, -0.05) is 34.8 Å². The third-order valence-electron chi connectivity index (χ3n) is 2.79. The molecule has 0 aliphatic carbocycles. The molecule has 0 fully saturated rings. The van der Waals surface area contributed by atoms with Crippen LogP contribution in [0.3, 0.4) is 0 Å². The van der Waals surface area contributed by atoms with Crippen LogP contribution in [0.15, 0.2) is 16.5 Å². The molecule has 19 heavy (non-hydrogen) atoms. The highest BCUT2D eigenvalue weighted by Crippen LogP contribution is 2.31. The molecule has 0 spiro atoms. The summed E-state index contributed by atoms with van der Waals surface area (Å²) in [4.78, 5) is 4.28. The fourth-order valence-electron chi connectivity index (χ4n) is 1.64. The SMILES string of the molecule is Cc1nc(CNCc2c(Cl)ccc(Cl)c2Cl)oc1C. The number of halogens is 3. The first-order valence-electron chi connectivity index (χ1n) is 5.75. The van der Waals surface area contributed by atoms with Crippen LogP contribution in [0.1, 0.15) is 22.9 Å². The van der Waals surface area contributed by atoms with Gasteiger partial charge in [-0.3, -0.25) is 0 Å². The summed E-state index contributed by atoms with van der Waals surface area (Å²) < 4.78 is 5.47. The van der Waals surface area contributed by atoms with Crippen molar-refractivity contribution in [3.05, 3.63) is 50.1 Å². The van der Waals surface area contributed by atoms with Crippen molar-refractivity contribution in [2.75, 3.05) is 0 Å². The van der Waals surface area contributed by atoms with E-state index in [4.69, 9.17) is 39.2 Å². The lowest BCUT2D eigenvalue weighted by Gasteiger charge is -2.08. The maximum Gasteiger partial charge on any atom is 0.208 e. The number of nitrogens with zero attached hydrogens (tertiary/aromatic N) is 1. The minimum atomic E-state index is 0.474. The van der Waals surface area contributed by atoms with Crippen LogP contribution in [0, 0.1) is 13.8 Å². The Hall–Kier alpha value is -0.740. The number of aromatic nitrogens is 1. The molecule has 0 aliphatic heterocycles. The number of nitrogens with one attached hydrogen (secondary N) is 1. The van der Waals surface area contributed by atoms with Gasteiger partial charge in [-0.05, 0) is 26.0 Å². The quantitative estimate of drug-likeness (QED) is 0.841. The summed E-state index contributed by atoms with van der Waals surface area (Å²) >= 11 is 18.2. The summed E-state index contributed by atoms with van der Waals surface area (Å²) in [6.07, 6.45) is 0. The fraction of sp³-hybridized carbons (Fsp3) is 0.308. The molecule has 0 unspecified atom stereocenters. The second kappa shape index (κ2) is 6.14. The zero-order valence-corrected chi connectivity index (χ0v) is 12.8. The molecule has 102 valence electrons. The highest BCUT2D eigenvalue weighted by atomic mass is 35.5. The fourth-order valence-corrected chi connectivity index (χ4v) is 2.32. The van der Waals surface area contributed by atoms with Crippen LogP contribution >= 0.6 is 34.8 Å². The molecule has 6 heteroatoms. The molecule has 0 amide bonds. The first kappa shape index (κ1) is 14.7. The van der Waals surface area contributed by atoms with Crippen molar-refractivity contribution in [1.29, 1.82) is 0 Å². The summed E-state index contributed by atoms with van der Waals surface area (Å²) in [5.74, 6) is 1.47. The molecule has 1 heterocycles. The van der Waals surface area contributed by atoms with Crippen LogP contribution in [0.4, 0.5) is 0 Å². The Morgan fingerprint density at radius 1 is 1.11 bits per heavy atom. The molecule has 1 aromatic heterocycles. The van der Waals surface area contributed by atoms with E-state index in [9.17, 15) is 0 Å². The molecule has 0 aliphatic rings. The maximum atomic E-state index is 6.11. The summed E-state index contributed by atoms with van der Waals surface area (Å²) in [7, 11) is 0. The Morgan fingerprint density at radius 3 is 2.42 bits per heavy atom. The molecule has 0 saturated heterocycles. The largest absolute Gasteiger partial charge is 0.444 e. The van der Waals surface area contributed by atoms with Gasteiger partial charge in [0.05, 0.1) is 22.3 Å². The van der Waals surface area contributed by atoms with E-state index in [1.54, 1.807) is 12.1 Å². The lowest BCUT2D eigenvalue weighted by atomic mass is 10.2. The zero-order valence-electron chi connectivity index (χ0n) is 10.6. The van der Waals surface area contributed by atoms with Gasteiger partial charge in [-0.2, -0.15) is 0 Å². The van der Waals surface area contributed by atoms with Gasteiger partial charge in [0.15, 0.2) is 0 Å². The molecule has 2 aromatic rings. The van der Waals surface area contributed by atoms with Gasteiger partial charge in [-0.15, -0.1) is 0 Å². The highest BCUT2D eigenvalue weighted by molar-refractivity contribution is 6.44. The number of benzene rings is 1. The number of rotatable bonds is 4. The van der Waals surface area contributed by atoms with Crippen molar-refractivity contribution in [3.8, 4) is 0 Å². The molecule has 1 aromatic carbocycles. The number of aryl methyl sites for hydroxylation is 2. The Bertz CT molecular complexity index is 576. The van der Waals surface area contributed by atoms with Crippen LogP contribution in [0.2, 0.25) is 15.1 Å². The smallest absolute Gasteiger partial charge is 0.208 e. The Kier molecular flexibility index (Phi) is 4.74. The standard InChI is InChI=1S/C13H13Cl3N2O/c1-7-8(2)19-12(18-7)6-17-5-9-10(14)3-4-11(15)13(9)16/h3-4,17H,5-6H2,1-2H3. The van der Waals surface area contributed by atoms with E-state index in [2.05, 4.69) is 10.3 Å². The number of hydrogen-bond acceptors (Lipinski definition) is 3. The summed E-state index contributed by atoms with van der Waals surface area (Å²) in [5.41, 5.74) is 1.67. The molecule has 0 bridgehead atoms. The predicted octanol–water partition coefficient (Wildman–Crippen LogP) is 4.54. The van der Waals surface area contributed by atoms with E-state index < -0.39 is 0 Å². The molecule has 0 atom stereocenters. The Morgan fingerprint density at radius 2 is 1.79 bits per heavy atom. The van der Waals surface area contributed by atoms with E-state index in [0.29, 0.717) is 34.0 Å². The van der Waals surface area contributed by atoms with Crippen molar-refractivity contribution in [2.24, 2.45) is 0 Å². The molecule has 1 N–H and O–H groups in total. The minimum Gasteiger partial charge on any atom is -0.444 e. The first-order chi connectivity index (χ1) is 8.99. The second-order valence-electron chi connectivity index (χ2n) is 4.17. The molecular weight excluding hydrogens is 307 g/mol. The normalized spacial score (nSPS) is 11.0. The van der Waals surface area contributed by atoms with Crippen LogP contribution in [-0.2, 0) is 13.1 Å². The van der Waals surface area contributed by atoms with E-state index in [0.717, 1.165) is 17.0 Å². The molecule has 0 radical (unpaired) electrons. The number of oxazole rings is 1. The maximum absolute atomic E-state index is 6.11. The predicted molar refractivity (Wildman–Crippen MR) is 78.0 cm³/mol. The average Bonchev–Trinajstić information content (AvgIpc) is 2.68. The van der Waals surface area contributed by atoms with E-state index in [1.165, 1.54) is 0 Å². The average molecular weight is 320 g/mol. The molecule has 2 rings (SSSR count). The van der Waals surface area contributed by atoms with Gasteiger partial charge in [-0.25, -0.2) is 4.98 Å². The summed E-state index contributed by atoms with van der Waals surface area (Å²) in [5, 5.41) is 4.73. The van der Waals surface area contributed by atoms with E-state index in [-0.39, 0.29) is 0 Å². The van der Waals surface area contributed by atoms with Gasteiger partial charge in [0.25, 0.3) is 0 Å². The van der Waals surface area contributed by atoms with Gasteiger partial charge in [0.2, 0.25) is 5.89 Å². The Labute approximate surface area is 126 Å². The zero-order chi connectivity index (χ0) is 14.0. The minimum absolute atomic E-state index is 0.474. The lowest BCUT2D eigenvalue weighted by molar-refractivity contribution is 0.448. The monoisotopic (exact) mass is 318 g/mol. The van der Waals surface area contributed by atoms with Crippen molar-refractivity contribution in [3.63, 3.8) is 0 Å². The summed E-state index contributed by atoms with van der Waals surface area (Å²) in [6, 6.07) is 3.41. The molecule has 3 nitrogen and oxygen atoms in total. The first-order valence-corrected chi connectivity index (χ1v) is 6.88. The van der Waals surface area contributed by atoms with Crippen LogP contribution in [0.5, 0.6) is 0 Å². The van der Waals surface area contributed by atoms with Crippen LogP contribution in [0.25, 0.3) is 0 Å². The molecule has 0 saturated carbocycles. The third kappa shape index (κ3) is 3.42. The van der Waals surface area contributed by atoms with E-state index >= 15 is 0 Å². The molecular formula is C13H13Cl3N2O. The summed E-state index contributed by atoms with van der Waals surface area (Å²) in [6.45, 7) is 4.80. The van der Waals surface area contributed by atoms with Gasteiger partial charge >= 0.3 is 0 Å². The van der Waals surface area contributed by atoms with Gasteiger partial charge in [0.1, 0.15) is 5.76 Å². The van der Waals surface area contributed by atoms with Crippen molar-refractivity contribution in [1.82, 2.24) is 10.3 Å². The topological polar surface area (TPSA) is 38.1 Å². The lowest BCUT2D eigenvalue weighted by Crippen LogP contribution is -2.13.